The van der Waals surface area contributed by atoms with Crippen molar-refractivity contribution in [3.8, 4) is 0 Å². The summed E-state index contributed by atoms with van der Waals surface area (Å²) in [5.74, 6) is 1.32. The number of rotatable bonds is 4. The van der Waals surface area contributed by atoms with Crippen LogP contribution in [0.25, 0.3) is 0 Å². The van der Waals surface area contributed by atoms with Crippen LogP contribution in [0.5, 0.6) is 0 Å². The lowest BCUT2D eigenvalue weighted by molar-refractivity contribution is -0.116. The Morgan fingerprint density at radius 1 is 1.44 bits per heavy atom. The summed E-state index contributed by atoms with van der Waals surface area (Å²) in [6.07, 6.45) is 5.43. The minimum atomic E-state index is 0.0536. The Bertz CT molecular complexity index is 383. The van der Waals surface area contributed by atoms with E-state index in [1.807, 2.05) is 19.1 Å². The molecule has 4 heteroatoms. The number of nitrogens with one attached hydrogen (secondary N) is 1. The predicted molar refractivity (Wildman–Crippen MR) is 70.4 cm³/mol. The quantitative estimate of drug-likeness (QED) is 0.890. The molecule has 0 aliphatic carbocycles. The number of pyridine rings is 1. The topological polar surface area (TPSA) is 51.2 Å². The van der Waals surface area contributed by atoms with Gasteiger partial charge in [-0.2, -0.15) is 0 Å². The van der Waals surface area contributed by atoms with Crippen LogP contribution in [-0.4, -0.2) is 24.1 Å². The van der Waals surface area contributed by atoms with E-state index in [0.29, 0.717) is 18.2 Å². The highest BCUT2D eigenvalue weighted by atomic mass is 16.5. The van der Waals surface area contributed by atoms with Crippen molar-refractivity contribution in [3.05, 3.63) is 23.9 Å². The van der Waals surface area contributed by atoms with Crippen molar-refractivity contribution >= 4 is 11.7 Å². The van der Waals surface area contributed by atoms with Gasteiger partial charge in [-0.3, -0.25) is 4.79 Å². The molecule has 0 saturated carbocycles. The van der Waals surface area contributed by atoms with E-state index in [9.17, 15) is 4.79 Å². The Balaban J connectivity index is 1.73. The molecule has 1 saturated heterocycles. The van der Waals surface area contributed by atoms with E-state index in [1.165, 1.54) is 0 Å². The molecule has 0 radical (unpaired) electrons. The molecule has 1 amide bonds. The first-order valence-corrected chi connectivity index (χ1v) is 6.54. The van der Waals surface area contributed by atoms with Crippen molar-refractivity contribution in [1.82, 2.24) is 4.98 Å². The summed E-state index contributed by atoms with van der Waals surface area (Å²) in [7, 11) is 0. The summed E-state index contributed by atoms with van der Waals surface area (Å²) in [5, 5.41) is 2.83. The monoisotopic (exact) mass is 248 g/mol. The molecule has 1 aliphatic rings. The molecule has 1 fully saturated rings. The molecule has 2 rings (SSSR count). The first-order valence-electron chi connectivity index (χ1n) is 6.54. The Kier molecular flexibility index (Phi) is 4.70. The van der Waals surface area contributed by atoms with E-state index in [4.69, 9.17) is 4.74 Å². The van der Waals surface area contributed by atoms with Gasteiger partial charge in [-0.1, -0.05) is 6.07 Å². The third-order valence-corrected chi connectivity index (χ3v) is 3.30. The summed E-state index contributed by atoms with van der Waals surface area (Å²) in [4.78, 5) is 15.9. The van der Waals surface area contributed by atoms with Gasteiger partial charge in [0.2, 0.25) is 5.91 Å². The van der Waals surface area contributed by atoms with E-state index in [2.05, 4.69) is 10.3 Å². The standard InChI is InChI=1S/C14H20N2O2/c1-11-2-4-13(15-10-11)16-14(17)5-3-12-6-8-18-9-7-12/h2,4,10,12H,3,5-9H2,1H3,(H,15,16,17). The molecule has 1 aromatic rings. The van der Waals surface area contributed by atoms with E-state index >= 15 is 0 Å². The Labute approximate surface area is 108 Å². The van der Waals surface area contributed by atoms with Gasteiger partial charge in [-0.05, 0) is 43.7 Å². The van der Waals surface area contributed by atoms with Gasteiger partial charge >= 0.3 is 0 Å². The highest BCUT2D eigenvalue weighted by Gasteiger charge is 2.15. The number of aromatic nitrogens is 1. The minimum absolute atomic E-state index is 0.0536. The van der Waals surface area contributed by atoms with Crippen molar-refractivity contribution < 1.29 is 9.53 Å². The molecule has 0 bridgehead atoms. The van der Waals surface area contributed by atoms with Gasteiger partial charge in [0.1, 0.15) is 5.82 Å². The second kappa shape index (κ2) is 6.50. The van der Waals surface area contributed by atoms with Gasteiger partial charge in [-0.25, -0.2) is 4.98 Å². The average Bonchev–Trinajstić information content (AvgIpc) is 2.40. The molecular formula is C14H20N2O2. The maximum Gasteiger partial charge on any atom is 0.225 e. The van der Waals surface area contributed by atoms with Crippen molar-refractivity contribution in [2.24, 2.45) is 5.92 Å². The zero-order valence-corrected chi connectivity index (χ0v) is 10.8. The molecule has 0 unspecified atom stereocenters. The molecule has 4 nitrogen and oxygen atoms in total. The average molecular weight is 248 g/mol. The number of anilines is 1. The molecule has 0 aromatic carbocycles. The van der Waals surface area contributed by atoms with E-state index in [-0.39, 0.29) is 5.91 Å². The summed E-state index contributed by atoms with van der Waals surface area (Å²) < 4.78 is 5.30. The van der Waals surface area contributed by atoms with Crippen LogP contribution in [0.3, 0.4) is 0 Å². The number of amides is 1. The molecule has 18 heavy (non-hydrogen) atoms. The van der Waals surface area contributed by atoms with Crippen LogP contribution in [-0.2, 0) is 9.53 Å². The normalized spacial score (nSPS) is 16.5. The Morgan fingerprint density at radius 2 is 2.22 bits per heavy atom. The number of carbonyl (C=O) groups is 1. The minimum Gasteiger partial charge on any atom is -0.381 e. The zero-order valence-electron chi connectivity index (χ0n) is 10.8. The van der Waals surface area contributed by atoms with Gasteiger partial charge in [0.15, 0.2) is 0 Å². The fourth-order valence-corrected chi connectivity index (χ4v) is 2.12. The van der Waals surface area contributed by atoms with Crippen molar-refractivity contribution in [3.63, 3.8) is 0 Å². The smallest absolute Gasteiger partial charge is 0.225 e. The van der Waals surface area contributed by atoms with Gasteiger partial charge in [-0.15, -0.1) is 0 Å². The molecular weight excluding hydrogens is 228 g/mol. The van der Waals surface area contributed by atoms with Crippen LogP contribution in [0.1, 0.15) is 31.2 Å². The third-order valence-electron chi connectivity index (χ3n) is 3.30. The van der Waals surface area contributed by atoms with Crippen LogP contribution in [0.15, 0.2) is 18.3 Å². The van der Waals surface area contributed by atoms with Crippen molar-refractivity contribution in [1.29, 1.82) is 0 Å². The number of hydrogen-bond donors (Lipinski definition) is 1. The highest BCUT2D eigenvalue weighted by Crippen LogP contribution is 2.20. The van der Waals surface area contributed by atoms with Crippen LogP contribution in [0, 0.1) is 12.8 Å². The van der Waals surface area contributed by atoms with Crippen LogP contribution < -0.4 is 5.32 Å². The van der Waals surface area contributed by atoms with E-state index in [0.717, 1.165) is 38.0 Å². The fraction of sp³-hybridized carbons (Fsp3) is 0.571. The molecule has 1 aliphatic heterocycles. The SMILES string of the molecule is Cc1ccc(NC(=O)CCC2CCOCC2)nc1. The highest BCUT2D eigenvalue weighted by molar-refractivity contribution is 5.89. The lowest BCUT2D eigenvalue weighted by Crippen LogP contribution is -2.19. The summed E-state index contributed by atoms with van der Waals surface area (Å²) in [6, 6.07) is 3.78. The molecule has 0 spiro atoms. The molecule has 98 valence electrons. The molecule has 1 N–H and O–H groups in total. The third kappa shape index (κ3) is 4.11. The van der Waals surface area contributed by atoms with Gasteiger partial charge in [0.25, 0.3) is 0 Å². The van der Waals surface area contributed by atoms with E-state index in [1.54, 1.807) is 6.20 Å². The maximum atomic E-state index is 11.8. The van der Waals surface area contributed by atoms with E-state index < -0.39 is 0 Å². The van der Waals surface area contributed by atoms with Crippen molar-refractivity contribution in [2.75, 3.05) is 18.5 Å². The van der Waals surface area contributed by atoms with Crippen LogP contribution in [0.4, 0.5) is 5.82 Å². The first-order chi connectivity index (χ1) is 8.74. The van der Waals surface area contributed by atoms with Gasteiger partial charge < -0.3 is 10.1 Å². The summed E-state index contributed by atoms with van der Waals surface area (Å²) in [6.45, 7) is 3.65. The predicted octanol–water partition coefficient (Wildman–Crippen LogP) is 2.54. The number of carbonyl (C=O) groups excluding carboxylic acids is 1. The largest absolute Gasteiger partial charge is 0.381 e. The van der Waals surface area contributed by atoms with Crippen molar-refractivity contribution in [2.45, 2.75) is 32.6 Å². The molecule has 0 atom stereocenters. The number of ether oxygens (including phenoxy) is 1. The molecule has 1 aromatic heterocycles. The molecule has 2 heterocycles. The summed E-state index contributed by atoms with van der Waals surface area (Å²) in [5.41, 5.74) is 1.09. The lowest BCUT2D eigenvalue weighted by atomic mass is 9.95. The first kappa shape index (κ1) is 13.0. The second-order valence-electron chi connectivity index (χ2n) is 4.86. The van der Waals surface area contributed by atoms with Gasteiger partial charge in [0, 0.05) is 25.8 Å². The van der Waals surface area contributed by atoms with Crippen LogP contribution in [0.2, 0.25) is 0 Å². The fourth-order valence-electron chi connectivity index (χ4n) is 2.12. The zero-order chi connectivity index (χ0) is 12.8. The van der Waals surface area contributed by atoms with Gasteiger partial charge in [0.05, 0.1) is 0 Å². The Hall–Kier alpha value is -1.42. The van der Waals surface area contributed by atoms with Crippen LogP contribution >= 0.6 is 0 Å². The lowest BCUT2D eigenvalue weighted by Gasteiger charge is -2.21. The Morgan fingerprint density at radius 3 is 2.89 bits per heavy atom. The number of nitrogens with zero attached hydrogens (tertiary/aromatic N) is 1. The summed E-state index contributed by atoms with van der Waals surface area (Å²) >= 11 is 0. The number of aryl methyl sites for hydroxylation is 1. The second-order valence-corrected chi connectivity index (χ2v) is 4.86. The maximum absolute atomic E-state index is 11.8. The number of hydrogen-bond acceptors (Lipinski definition) is 3.